The van der Waals surface area contributed by atoms with Gasteiger partial charge in [-0.25, -0.2) is 4.39 Å². The number of alkyl halides is 3. The average Bonchev–Trinajstić information content (AvgIpc) is 2.54. The van der Waals surface area contributed by atoms with Gasteiger partial charge in [0.15, 0.2) is 11.6 Å². The van der Waals surface area contributed by atoms with Crippen LogP contribution in [-0.2, 0) is 0 Å². The van der Waals surface area contributed by atoms with Crippen LogP contribution in [0.1, 0.15) is 19.3 Å². The Balaban J connectivity index is 1.57. The first-order chi connectivity index (χ1) is 11.4. The Hall–Kier alpha value is -1.89. The van der Waals surface area contributed by atoms with Crippen LogP contribution in [-0.4, -0.2) is 41.8 Å². The SMILES string of the molecule is Fc1cc2cnccc2cc1OC1CCN(CCC(F)(F)F)CC1. The van der Waals surface area contributed by atoms with Crippen LogP contribution in [0.2, 0.25) is 0 Å². The zero-order valence-electron chi connectivity index (χ0n) is 13.0. The molecule has 1 aliphatic rings. The predicted octanol–water partition coefficient (Wildman–Crippen LogP) is 4.17. The van der Waals surface area contributed by atoms with E-state index in [1.165, 1.54) is 6.07 Å². The highest BCUT2D eigenvalue weighted by Gasteiger charge is 2.29. The van der Waals surface area contributed by atoms with Gasteiger partial charge in [0.25, 0.3) is 0 Å². The highest BCUT2D eigenvalue weighted by molar-refractivity contribution is 5.83. The number of halogens is 4. The van der Waals surface area contributed by atoms with Gasteiger partial charge in [0.05, 0.1) is 6.42 Å². The molecule has 0 aliphatic carbocycles. The number of aromatic nitrogens is 1. The molecule has 1 aromatic heterocycles. The van der Waals surface area contributed by atoms with Crippen molar-refractivity contribution < 1.29 is 22.3 Å². The van der Waals surface area contributed by atoms with E-state index >= 15 is 0 Å². The molecule has 1 aromatic carbocycles. The van der Waals surface area contributed by atoms with Gasteiger partial charge in [-0.05, 0) is 36.4 Å². The van der Waals surface area contributed by atoms with Gasteiger partial charge in [-0.15, -0.1) is 0 Å². The second-order valence-corrected chi connectivity index (χ2v) is 6.03. The van der Waals surface area contributed by atoms with E-state index in [1.54, 1.807) is 29.4 Å². The fourth-order valence-corrected chi connectivity index (χ4v) is 2.89. The Morgan fingerprint density at radius 1 is 1.17 bits per heavy atom. The molecule has 0 spiro atoms. The molecule has 3 rings (SSSR count). The average molecular weight is 342 g/mol. The number of hydrogen-bond acceptors (Lipinski definition) is 3. The van der Waals surface area contributed by atoms with Crippen LogP contribution in [0, 0.1) is 5.82 Å². The largest absolute Gasteiger partial charge is 0.487 e. The second-order valence-electron chi connectivity index (χ2n) is 6.03. The lowest BCUT2D eigenvalue weighted by Gasteiger charge is -2.32. The lowest BCUT2D eigenvalue weighted by atomic mass is 10.1. The van der Waals surface area contributed by atoms with Gasteiger partial charge in [-0.3, -0.25) is 4.98 Å². The molecule has 24 heavy (non-hydrogen) atoms. The monoisotopic (exact) mass is 342 g/mol. The van der Waals surface area contributed by atoms with E-state index in [0.717, 1.165) is 5.39 Å². The fourth-order valence-electron chi connectivity index (χ4n) is 2.89. The maximum atomic E-state index is 14.1. The third-order valence-electron chi connectivity index (χ3n) is 4.23. The smallest absolute Gasteiger partial charge is 0.390 e. The quantitative estimate of drug-likeness (QED) is 0.780. The number of fused-ring (bicyclic) bond motifs is 1. The summed E-state index contributed by atoms with van der Waals surface area (Å²) >= 11 is 0. The standard InChI is InChI=1S/C17H18F4N2O/c18-15-9-13-11-22-5-1-12(13)10-16(15)24-14-2-6-23(7-3-14)8-4-17(19,20)21/h1,5,9-11,14H,2-4,6-8H2. The normalized spacial score (nSPS) is 17.3. The summed E-state index contributed by atoms with van der Waals surface area (Å²) in [6, 6.07) is 4.81. The molecule has 0 atom stereocenters. The van der Waals surface area contributed by atoms with Crippen LogP contribution in [0.3, 0.4) is 0 Å². The number of rotatable bonds is 4. The van der Waals surface area contributed by atoms with Crippen molar-refractivity contribution in [2.45, 2.75) is 31.5 Å². The molecule has 2 aromatic rings. The molecule has 0 N–H and O–H groups in total. The van der Waals surface area contributed by atoms with Gasteiger partial charge in [0.1, 0.15) is 6.10 Å². The molecule has 0 bridgehead atoms. The van der Waals surface area contributed by atoms with Crippen LogP contribution in [0.25, 0.3) is 10.8 Å². The maximum absolute atomic E-state index is 14.1. The number of nitrogens with zero attached hydrogens (tertiary/aromatic N) is 2. The van der Waals surface area contributed by atoms with Crippen molar-refractivity contribution in [1.82, 2.24) is 9.88 Å². The van der Waals surface area contributed by atoms with E-state index in [2.05, 4.69) is 4.98 Å². The molecule has 0 amide bonds. The number of benzene rings is 1. The minimum Gasteiger partial charge on any atom is -0.487 e. The minimum atomic E-state index is -4.13. The number of pyridine rings is 1. The summed E-state index contributed by atoms with van der Waals surface area (Å²) in [5, 5.41) is 1.54. The molecule has 130 valence electrons. The molecule has 0 saturated carbocycles. The first kappa shape index (κ1) is 17.0. The number of ether oxygens (including phenoxy) is 1. The predicted molar refractivity (Wildman–Crippen MR) is 82.5 cm³/mol. The van der Waals surface area contributed by atoms with Crippen LogP contribution in [0.5, 0.6) is 5.75 Å². The summed E-state index contributed by atoms with van der Waals surface area (Å²) in [5.41, 5.74) is 0. The number of hydrogen-bond donors (Lipinski definition) is 0. The van der Waals surface area contributed by atoms with E-state index < -0.39 is 18.4 Å². The van der Waals surface area contributed by atoms with Crippen molar-refractivity contribution in [3.63, 3.8) is 0 Å². The summed E-state index contributed by atoms with van der Waals surface area (Å²) in [6.45, 7) is 1.06. The van der Waals surface area contributed by atoms with E-state index in [-0.39, 0.29) is 18.4 Å². The minimum absolute atomic E-state index is 0.00750. The molecule has 1 saturated heterocycles. The molecular formula is C17H18F4N2O. The summed E-state index contributed by atoms with van der Waals surface area (Å²) in [5.74, 6) is -0.266. The van der Waals surface area contributed by atoms with E-state index in [9.17, 15) is 17.6 Å². The second kappa shape index (κ2) is 6.93. The van der Waals surface area contributed by atoms with E-state index in [1.807, 2.05) is 0 Å². The number of piperidine rings is 1. The first-order valence-corrected chi connectivity index (χ1v) is 7.90. The highest BCUT2D eigenvalue weighted by Crippen LogP contribution is 2.27. The molecule has 0 radical (unpaired) electrons. The highest BCUT2D eigenvalue weighted by atomic mass is 19.4. The molecule has 1 aliphatic heterocycles. The third-order valence-corrected chi connectivity index (χ3v) is 4.23. The Morgan fingerprint density at radius 3 is 2.62 bits per heavy atom. The van der Waals surface area contributed by atoms with Gasteiger partial charge in [0.2, 0.25) is 0 Å². The van der Waals surface area contributed by atoms with Crippen molar-refractivity contribution in [1.29, 1.82) is 0 Å². The molecule has 0 unspecified atom stereocenters. The first-order valence-electron chi connectivity index (χ1n) is 7.90. The Morgan fingerprint density at radius 2 is 1.92 bits per heavy atom. The molecule has 1 fully saturated rings. The van der Waals surface area contributed by atoms with Crippen LogP contribution >= 0.6 is 0 Å². The fraction of sp³-hybridized carbons (Fsp3) is 0.471. The van der Waals surface area contributed by atoms with Crippen LogP contribution < -0.4 is 4.74 Å². The summed E-state index contributed by atoms with van der Waals surface area (Å²) in [6.07, 6.45) is -0.717. The summed E-state index contributed by atoms with van der Waals surface area (Å²) in [7, 11) is 0. The topological polar surface area (TPSA) is 25.4 Å². The summed E-state index contributed by atoms with van der Waals surface area (Å²) in [4.78, 5) is 5.72. The lowest BCUT2D eigenvalue weighted by molar-refractivity contribution is -0.138. The van der Waals surface area contributed by atoms with Gasteiger partial charge in [0, 0.05) is 37.4 Å². The van der Waals surface area contributed by atoms with E-state index in [0.29, 0.717) is 31.3 Å². The van der Waals surface area contributed by atoms with Crippen molar-refractivity contribution >= 4 is 10.8 Å². The molecule has 2 heterocycles. The van der Waals surface area contributed by atoms with Gasteiger partial charge < -0.3 is 9.64 Å². The Kier molecular flexibility index (Phi) is 4.89. The van der Waals surface area contributed by atoms with Crippen molar-refractivity contribution in [3.8, 4) is 5.75 Å². The zero-order chi connectivity index (χ0) is 17.2. The van der Waals surface area contributed by atoms with Crippen LogP contribution in [0.4, 0.5) is 17.6 Å². The van der Waals surface area contributed by atoms with Gasteiger partial charge >= 0.3 is 6.18 Å². The van der Waals surface area contributed by atoms with E-state index in [4.69, 9.17) is 4.74 Å². The maximum Gasteiger partial charge on any atom is 0.390 e. The van der Waals surface area contributed by atoms with Crippen molar-refractivity contribution in [2.75, 3.05) is 19.6 Å². The Labute approximate surface area is 137 Å². The van der Waals surface area contributed by atoms with Gasteiger partial charge in [-0.2, -0.15) is 13.2 Å². The lowest BCUT2D eigenvalue weighted by Crippen LogP contribution is -2.39. The molecule has 3 nitrogen and oxygen atoms in total. The third kappa shape index (κ3) is 4.35. The molecule has 7 heteroatoms. The Bertz CT molecular complexity index is 697. The van der Waals surface area contributed by atoms with Gasteiger partial charge in [-0.1, -0.05) is 0 Å². The van der Waals surface area contributed by atoms with Crippen molar-refractivity contribution in [2.24, 2.45) is 0 Å². The summed E-state index contributed by atoms with van der Waals surface area (Å²) < 4.78 is 56.6. The van der Waals surface area contributed by atoms with Crippen LogP contribution in [0.15, 0.2) is 30.6 Å². The zero-order valence-corrected chi connectivity index (χ0v) is 13.0. The van der Waals surface area contributed by atoms with Crippen molar-refractivity contribution in [3.05, 3.63) is 36.4 Å². The molecular weight excluding hydrogens is 324 g/mol. The number of likely N-dealkylation sites (tertiary alicyclic amines) is 1.